The van der Waals surface area contributed by atoms with Crippen molar-refractivity contribution in [3.63, 3.8) is 0 Å². The summed E-state index contributed by atoms with van der Waals surface area (Å²) >= 11 is 0. The predicted octanol–water partition coefficient (Wildman–Crippen LogP) is 2.76. The number of carbonyl (C=O) groups excluding carboxylic acids is 1. The van der Waals surface area contributed by atoms with Crippen molar-refractivity contribution in [2.75, 3.05) is 18.4 Å². The van der Waals surface area contributed by atoms with Gasteiger partial charge in [-0.05, 0) is 37.5 Å². The fraction of sp³-hybridized carbons (Fsp3) is 0.438. The number of carbonyl (C=O) groups is 1. The fourth-order valence-corrected chi connectivity index (χ4v) is 2.66. The molecule has 2 amide bonds. The third kappa shape index (κ3) is 3.49. The van der Waals surface area contributed by atoms with Gasteiger partial charge in [0.1, 0.15) is 12.5 Å². The predicted molar refractivity (Wildman–Crippen MR) is 85.9 cm³/mol. The molecule has 1 aliphatic heterocycles. The van der Waals surface area contributed by atoms with Crippen LogP contribution in [0, 0.1) is 6.92 Å². The molecule has 1 saturated heterocycles. The number of aryl methyl sites for hydroxylation is 2. The normalized spacial score (nSPS) is 15.7. The number of anilines is 1. The lowest BCUT2D eigenvalue weighted by atomic mass is 10.1. The summed E-state index contributed by atoms with van der Waals surface area (Å²) in [6, 6.07) is 5.45. The Kier molecular flexibility index (Phi) is 4.27. The minimum Gasteiger partial charge on any atom is -0.324 e. The second kappa shape index (κ2) is 6.36. The van der Waals surface area contributed by atoms with Crippen LogP contribution in [-0.2, 0) is 7.05 Å². The van der Waals surface area contributed by atoms with Gasteiger partial charge in [0.15, 0.2) is 5.82 Å². The summed E-state index contributed by atoms with van der Waals surface area (Å²) in [7, 11) is 1.81. The number of halogens is 1. The summed E-state index contributed by atoms with van der Waals surface area (Å²) in [4.78, 5) is 18.2. The molecule has 122 valence electrons. The third-order valence-corrected chi connectivity index (χ3v) is 4.04. The molecule has 0 atom stereocenters. The molecule has 0 saturated carbocycles. The van der Waals surface area contributed by atoms with Gasteiger partial charge in [-0.1, -0.05) is 6.07 Å². The average molecular weight is 317 g/mol. The number of benzene rings is 1. The van der Waals surface area contributed by atoms with E-state index in [2.05, 4.69) is 15.4 Å². The van der Waals surface area contributed by atoms with Gasteiger partial charge in [0.2, 0.25) is 0 Å². The van der Waals surface area contributed by atoms with Gasteiger partial charge >= 0.3 is 6.03 Å². The molecular weight excluding hydrogens is 297 g/mol. The monoisotopic (exact) mass is 317 g/mol. The van der Waals surface area contributed by atoms with Crippen LogP contribution in [0.25, 0.3) is 11.4 Å². The smallest absolute Gasteiger partial charge is 0.321 e. The molecule has 0 radical (unpaired) electrons. The van der Waals surface area contributed by atoms with Crippen LogP contribution >= 0.6 is 0 Å². The highest BCUT2D eigenvalue weighted by atomic mass is 19.1. The molecule has 1 fully saturated rings. The highest BCUT2D eigenvalue weighted by Gasteiger charge is 2.22. The van der Waals surface area contributed by atoms with E-state index in [1.54, 1.807) is 15.9 Å². The first kappa shape index (κ1) is 15.5. The molecule has 6 nitrogen and oxygen atoms in total. The second-order valence-corrected chi connectivity index (χ2v) is 5.86. The molecular formula is C16H20FN5O. The molecule has 1 aliphatic rings. The van der Waals surface area contributed by atoms with Gasteiger partial charge in [0.05, 0.1) is 0 Å². The van der Waals surface area contributed by atoms with Gasteiger partial charge in [0, 0.05) is 31.4 Å². The molecule has 3 rings (SSSR count). The minimum absolute atomic E-state index is 0.194. The Hall–Kier alpha value is -2.44. The van der Waals surface area contributed by atoms with E-state index >= 15 is 0 Å². The van der Waals surface area contributed by atoms with Crippen LogP contribution in [0.4, 0.5) is 14.9 Å². The van der Waals surface area contributed by atoms with Crippen molar-refractivity contribution in [3.05, 3.63) is 30.1 Å². The molecule has 1 aromatic carbocycles. The topological polar surface area (TPSA) is 63.1 Å². The van der Waals surface area contributed by atoms with E-state index in [-0.39, 0.29) is 6.03 Å². The molecule has 1 N–H and O–H groups in total. The van der Waals surface area contributed by atoms with Crippen molar-refractivity contribution < 1.29 is 9.18 Å². The lowest BCUT2D eigenvalue weighted by Crippen LogP contribution is -2.41. The molecule has 0 unspecified atom stereocenters. The highest BCUT2D eigenvalue weighted by molar-refractivity contribution is 5.90. The summed E-state index contributed by atoms with van der Waals surface area (Å²) < 4.78 is 14.8. The van der Waals surface area contributed by atoms with E-state index in [0.717, 1.165) is 11.1 Å². The Balaban J connectivity index is 1.74. The second-order valence-electron chi connectivity index (χ2n) is 5.86. The summed E-state index contributed by atoms with van der Waals surface area (Å²) in [6.07, 6.45) is 1.66. The van der Waals surface area contributed by atoms with Crippen LogP contribution in [0.2, 0.25) is 0 Å². The van der Waals surface area contributed by atoms with Gasteiger partial charge in [0.25, 0.3) is 0 Å². The van der Waals surface area contributed by atoms with Gasteiger partial charge in [-0.15, -0.1) is 0 Å². The quantitative estimate of drug-likeness (QED) is 0.926. The number of likely N-dealkylation sites (tertiary alicyclic amines) is 1. The Morgan fingerprint density at radius 3 is 2.74 bits per heavy atom. The van der Waals surface area contributed by atoms with Crippen LogP contribution in [0.3, 0.4) is 0 Å². The standard InChI is InChI=1S/C16H20FN5O/c1-11-3-4-13(9-14(11)15-18-10-21(2)20-15)19-16(23)22-7-5-12(17)6-8-22/h3-4,9-10,12H,5-8H2,1-2H3,(H,19,23). The maximum Gasteiger partial charge on any atom is 0.321 e. The van der Waals surface area contributed by atoms with Crippen molar-refractivity contribution in [1.82, 2.24) is 19.7 Å². The van der Waals surface area contributed by atoms with Crippen molar-refractivity contribution in [2.24, 2.45) is 7.05 Å². The van der Waals surface area contributed by atoms with E-state index in [9.17, 15) is 9.18 Å². The third-order valence-electron chi connectivity index (χ3n) is 4.04. The first-order valence-electron chi connectivity index (χ1n) is 7.69. The number of nitrogens with zero attached hydrogens (tertiary/aromatic N) is 4. The first-order chi connectivity index (χ1) is 11.0. The Labute approximate surface area is 134 Å². The number of piperidine rings is 1. The lowest BCUT2D eigenvalue weighted by Gasteiger charge is -2.28. The van der Waals surface area contributed by atoms with Gasteiger partial charge < -0.3 is 10.2 Å². The molecule has 2 aromatic rings. The average Bonchev–Trinajstić information content (AvgIpc) is 2.96. The molecule has 7 heteroatoms. The zero-order chi connectivity index (χ0) is 16.4. The highest BCUT2D eigenvalue weighted by Crippen LogP contribution is 2.24. The van der Waals surface area contributed by atoms with Gasteiger partial charge in [-0.3, -0.25) is 4.68 Å². The molecule has 0 bridgehead atoms. The molecule has 1 aromatic heterocycles. The molecule has 2 heterocycles. The number of nitrogens with one attached hydrogen (secondary N) is 1. The number of alkyl halides is 1. The number of hydrogen-bond acceptors (Lipinski definition) is 3. The van der Waals surface area contributed by atoms with Crippen LogP contribution in [0.1, 0.15) is 18.4 Å². The summed E-state index contributed by atoms with van der Waals surface area (Å²) in [5.41, 5.74) is 2.60. The maximum atomic E-state index is 13.2. The van der Waals surface area contributed by atoms with Crippen LogP contribution in [-0.4, -0.2) is 45.0 Å². The van der Waals surface area contributed by atoms with Gasteiger partial charge in [-0.25, -0.2) is 14.2 Å². The summed E-state index contributed by atoms with van der Waals surface area (Å²) in [5, 5.41) is 7.17. The lowest BCUT2D eigenvalue weighted by molar-refractivity contribution is 0.162. The number of rotatable bonds is 2. The fourth-order valence-electron chi connectivity index (χ4n) is 2.66. The van der Waals surface area contributed by atoms with Crippen molar-refractivity contribution in [3.8, 4) is 11.4 Å². The molecule has 0 aliphatic carbocycles. The largest absolute Gasteiger partial charge is 0.324 e. The SMILES string of the molecule is Cc1ccc(NC(=O)N2CCC(F)CC2)cc1-c1ncn(C)n1. The van der Waals surface area contributed by atoms with Crippen LogP contribution < -0.4 is 5.32 Å². The number of hydrogen-bond donors (Lipinski definition) is 1. The number of aromatic nitrogens is 3. The van der Waals surface area contributed by atoms with Gasteiger partial charge in [-0.2, -0.15) is 5.10 Å². The Bertz CT molecular complexity index is 706. The van der Waals surface area contributed by atoms with Crippen LogP contribution in [0.15, 0.2) is 24.5 Å². The summed E-state index contributed by atoms with van der Waals surface area (Å²) in [5.74, 6) is 0.624. The van der Waals surface area contributed by atoms with E-state index in [4.69, 9.17) is 0 Å². The van der Waals surface area contributed by atoms with Crippen molar-refractivity contribution >= 4 is 11.7 Å². The van der Waals surface area contributed by atoms with Crippen molar-refractivity contribution in [1.29, 1.82) is 0 Å². The van der Waals surface area contributed by atoms with E-state index in [1.807, 2.05) is 32.2 Å². The van der Waals surface area contributed by atoms with E-state index in [1.165, 1.54) is 0 Å². The van der Waals surface area contributed by atoms with E-state index < -0.39 is 6.17 Å². The zero-order valence-electron chi connectivity index (χ0n) is 13.3. The van der Waals surface area contributed by atoms with E-state index in [0.29, 0.717) is 37.4 Å². The summed E-state index contributed by atoms with van der Waals surface area (Å²) in [6.45, 7) is 2.88. The molecule has 0 spiro atoms. The molecule has 23 heavy (non-hydrogen) atoms. The first-order valence-corrected chi connectivity index (χ1v) is 7.69. The van der Waals surface area contributed by atoms with Crippen molar-refractivity contribution in [2.45, 2.75) is 25.9 Å². The Morgan fingerprint density at radius 2 is 2.09 bits per heavy atom. The number of urea groups is 1. The van der Waals surface area contributed by atoms with Crippen LogP contribution in [0.5, 0.6) is 0 Å². The Morgan fingerprint density at radius 1 is 1.35 bits per heavy atom. The number of amides is 2. The minimum atomic E-state index is -0.791. The zero-order valence-corrected chi connectivity index (χ0v) is 13.3. The maximum absolute atomic E-state index is 13.2.